The van der Waals surface area contributed by atoms with Gasteiger partial charge in [0.05, 0.1) is 23.9 Å². The number of aliphatic hydroxyl groups excluding tert-OH is 1. The molecule has 0 radical (unpaired) electrons. The SMILES string of the molecule is Cc1nc([C@@H]2OC3COC(c4ccccc4)O[C@@H]3[C@H](N)C2O)n(-c2cc(Cl)ccc2C(F)(F)F)n1. The number of halogens is 4. The van der Waals surface area contributed by atoms with Crippen molar-refractivity contribution < 1.29 is 32.5 Å². The Morgan fingerprint density at radius 1 is 1.14 bits per heavy atom. The van der Waals surface area contributed by atoms with Gasteiger partial charge in [0.1, 0.15) is 30.2 Å². The van der Waals surface area contributed by atoms with Crippen molar-refractivity contribution in [2.45, 2.75) is 49.8 Å². The van der Waals surface area contributed by atoms with Gasteiger partial charge in [-0.25, -0.2) is 9.67 Å². The number of aromatic nitrogens is 3. The first-order chi connectivity index (χ1) is 16.6. The van der Waals surface area contributed by atoms with E-state index in [9.17, 15) is 18.3 Å². The van der Waals surface area contributed by atoms with Crippen LogP contribution in [-0.2, 0) is 20.4 Å². The van der Waals surface area contributed by atoms with Crippen LogP contribution >= 0.6 is 11.6 Å². The molecular formula is C23H22ClF3N4O4. The van der Waals surface area contributed by atoms with Crippen LogP contribution in [0.15, 0.2) is 48.5 Å². The summed E-state index contributed by atoms with van der Waals surface area (Å²) in [5.41, 5.74) is 5.83. The monoisotopic (exact) mass is 510 g/mol. The molecule has 3 aromatic rings. The standard InChI is InChI=1S/C23H22ClF3N4O4/c1-11-29-21(31(30-11)15-9-13(24)7-8-14(15)23(25,26)27)20-18(32)17(28)19-16(34-20)10-33-22(35-19)12-5-3-2-4-6-12/h2-9,16-20,22,32H,10,28H2,1H3/t16?,17-,18?,19+,20-,22?/m1/s1. The van der Waals surface area contributed by atoms with E-state index in [1.54, 1.807) is 0 Å². The highest BCUT2D eigenvalue weighted by molar-refractivity contribution is 6.30. The summed E-state index contributed by atoms with van der Waals surface area (Å²) >= 11 is 6.01. The van der Waals surface area contributed by atoms with Crippen molar-refractivity contribution in [3.05, 3.63) is 76.3 Å². The van der Waals surface area contributed by atoms with Crippen LogP contribution < -0.4 is 5.73 Å². The van der Waals surface area contributed by atoms with Crippen LogP contribution in [0.2, 0.25) is 5.02 Å². The Morgan fingerprint density at radius 3 is 2.60 bits per heavy atom. The fourth-order valence-corrected chi connectivity index (χ4v) is 4.54. The predicted molar refractivity (Wildman–Crippen MR) is 118 cm³/mol. The van der Waals surface area contributed by atoms with E-state index in [0.717, 1.165) is 28.4 Å². The molecule has 35 heavy (non-hydrogen) atoms. The van der Waals surface area contributed by atoms with Crippen LogP contribution in [0.4, 0.5) is 13.2 Å². The van der Waals surface area contributed by atoms with E-state index in [-0.39, 0.29) is 29.0 Å². The number of hydrogen-bond donors (Lipinski definition) is 2. The van der Waals surface area contributed by atoms with E-state index in [0.29, 0.717) is 0 Å². The van der Waals surface area contributed by atoms with Crippen LogP contribution in [0.25, 0.3) is 5.69 Å². The van der Waals surface area contributed by atoms with Gasteiger partial charge in [-0.3, -0.25) is 0 Å². The lowest BCUT2D eigenvalue weighted by molar-refractivity contribution is -0.309. The molecule has 0 bridgehead atoms. The molecule has 0 spiro atoms. The Balaban J connectivity index is 1.47. The van der Waals surface area contributed by atoms with Gasteiger partial charge in [-0.05, 0) is 25.1 Å². The molecule has 0 amide bonds. The summed E-state index contributed by atoms with van der Waals surface area (Å²) in [6.45, 7) is 1.62. The minimum absolute atomic E-state index is 0.0400. The molecule has 3 heterocycles. The van der Waals surface area contributed by atoms with E-state index in [4.69, 9.17) is 31.5 Å². The third-order valence-electron chi connectivity index (χ3n) is 6.02. The number of fused-ring (bicyclic) bond motifs is 1. The molecule has 186 valence electrons. The number of ether oxygens (including phenoxy) is 3. The van der Waals surface area contributed by atoms with Crippen molar-refractivity contribution in [3.8, 4) is 5.69 Å². The summed E-state index contributed by atoms with van der Waals surface area (Å²) < 4.78 is 60.1. The zero-order chi connectivity index (χ0) is 24.9. The van der Waals surface area contributed by atoms with Crippen molar-refractivity contribution >= 4 is 11.6 Å². The Labute approximate surface area is 203 Å². The number of benzene rings is 2. The van der Waals surface area contributed by atoms with Gasteiger partial charge >= 0.3 is 6.18 Å². The lowest BCUT2D eigenvalue weighted by Crippen LogP contribution is -2.62. The van der Waals surface area contributed by atoms with Gasteiger partial charge in [0.15, 0.2) is 12.1 Å². The third-order valence-corrected chi connectivity index (χ3v) is 6.26. The lowest BCUT2D eigenvalue weighted by Gasteiger charge is -2.46. The average Bonchev–Trinajstić information content (AvgIpc) is 3.22. The smallest absolute Gasteiger partial charge is 0.388 e. The highest BCUT2D eigenvalue weighted by Crippen LogP contribution is 2.40. The maximum absolute atomic E-state index is 13.7. The largest absolute Gasteiger partial charge is 0.418 e. The number of alkyl halides is 3. The maximum Gasteiger partial charge on any atom is 0.418 e. The Kier molecular flexibility index (Phi) is 6.32. The molecule has 12 heteroatoms. The quantitative estimate of drug-likeness (QED) is 0.556. The predicted octanol–water partition coefficient (Wildman–Crippen LogP) is 3.49. The van der Waals surface area contributed by atoms with Gasteiger partial charge in [0, 0.05) is 10.6 Å². The number of hydrogen-bond acceptors (Lipinski definition) is 7. The minimum Gasteiger partial charge on any atom is -0.388 e. The Bertz CT molecular complexity index is 1210. The lowest BCUT2D eigenvalue weighted by atomic mass is 9.92. The molecule has 2 fully saturated rings. The van der Waals surface area contributed by atoms with Crippen LogP contribution in [-0.4, -0.2) is 50.8 Å². The zero-order valence-corrected chi connectivity index (χ0v) is 19.1. The van der Waals surface area contributed by atoms with Crippen molar-refractivity contribution in [1.82, 2.24) is 14.8 Å². The number of aliphatic hydroxyl groups is 1. The van der Waals surface area contributed by atoms with Gasteiger partial charge in [-0.2, -0.15) is 18.3 Å². The molecule has 1 aromatic heterocycles. The van der Waals surface area contributed by atoms with E-state index in [2.05, 4.69) is 10.1 Å². The van der Waals surface area contributed by atoms with E-state index in [1.807, 2.05) is 30.3 Å². The third kappa shape index (κ3) is 4.55. The molecule has 0 aliphatic carbocycles. The van der Waals surface area contributed by atoms with Crippen molar-refractivity contribution in [2.75, 3.05) is 6.61 Å². The fourth-order valence-electron chi connectivity index (χ4n) is 4.38. The van der Waals surface area contributed by atoms with Gasteiger partial charge in [0.25, 0.3) is 0 Å². The van der Waals surface area contributed by atoms with Crippen molar-refractivity contribution in [2.24, 2.45) is 5.73 Å². The van der Waals surface area contributed by atoms with Crippen molar-refractivity contribution in [3.63, 3.8) is 0 Å². The molecule has 2 aromatic carbocycles. The molecule has 2 aliphatic rings. The average molecular weight is 511 g/mol. The normalized spacial score (nSPS) is 29.1. The molecule has 8 nitrogen and oxygen atoms in total. The summed E-state index contributed by atoms with van der Waals surface area (Å²) in [7, 11) is 0. The fraction of sp³-hybridized carbons (Fsp3) is 0.391. The van der Waals surface area contributed by atoms with Crippen LogP contribution in [0.5, 0.6) is 0 Å². The Hall–Kier alpha value is -2.54. The minimum atomic E-state index is -4.68. The second-order valence-electron chi connectivity index (χ2n) is 8.43. The highest BCUT2D eigenvalue weighted by Gasteiger charge is 2.50. The first kappa shape index (κ1) is 24.2. The topological polar surface area (TPSA) is 105 Å². The number of rotatable bonds is 3. The molecular weight excluding hydrogens is 489 g/mol. The highest BCUT2D eigenvalue weighted by atomic mass is 35.5. The van der Waals surface area contributed by atoms with E-state index < -0.39 is 48.5 Å². The maximum atomic E-state index is 13.7. The first-order valence-corrected chi connectivity index (χ1v) is 11.2. The molecule has 2 saturated heterocycles. The van der Waals surface area contributed by atoms with Gasteiger partial charge < -0.3 is 25.1 Å². The summed E-state index contributed by atoms with van der Waals surface area (Å²) in [6, 6.07) is 11.4. The summed E-state index contributed by atoms with van der Waals surface area (Å²) in [6.07, 6.45) is -9.31. The molecule has 5 rings (SSSR count). The molecule has 6 atom stereocenters. The molecule has 3 unspecified atom stereocenters. The van der Waals surface area contributed by atoms with Gasteiger partial charge in [-0.15, -0.1) is 0 Å². The Morgan fingerprint density at radius 2 is 1.89 bits per heavy atom. The molecule has 0 saturated carbocycles. The zero-order valence-electron chi connectivity index (χ0n) is 18.4. The van der Waals surface area contributed by atoms with E-state index >= 15 is 0 Å². The van der Waals surface area contributed by atoms with Gasteiger partial charge in [0.2, 0.25) is 0 Å². The first-order valence-electron chi connectivity index (χ1n) is 10.9. The van der Waals surface area contributed by atoms with Gasteiger partial charge in [-0.1, -0.05) is 41.9 Å². The van der Waals surface area contributed by atoms with E-state index in [1.165, 1.54) is 6.92 Å². The second kappa shape index (κ2) is 9.16. The number of nitrogens with zero attached hydrogens (tertiary/aromatic N) is 3. The van der Waals surface area contributed by atoms with Crippen molar-refractivity contribution in [1.29, 1.82) is 0 Å². The summed E-state index contributed by atoms with van der Waals surface area (Å²) in [4.78, 5) is 4.27. The van der Waals surface area contributed by atoms with Crippen LogP contribution in [0.3, 0.4) is 0 Å². The number of aryl methyl sites for hydroxylation is 1. The number of nitrogens with two attached hydrogens (primary N) is 1. The summed E-state index contributed by atoms with van der Waals surface area (Å²) in [5, 5.41) is 15.3. The second-order valence-corrected chi connectivity index (χ2v) is 8.86. The molecule has 2 aliphatic heterocycles. The van der Waals surface area contributed by atoms with Crippen LogP contribution in [0, 0.1) is 6.92 Å². The molecule has 3 N–H and O–H groups in total. The summed E-state index contributed by atoms with van der Waals surface area (Å²) in [5.74, 6) is 0.140. The van der Waals surface area contributed by atoms with Crippen LogP contribution in [0.1, 0.15) is 35.2 Å².